The molecule has 0 radical (unpaired) electrons. The van der Waals surface area contributed by atoms with Crippen LogP contribution in [0.3, 0.4) is 0 Å². The van der Waals surface area contributed by atoms with Crippen LogP contribution in [0.5, 0.6) is 0 Å². The molecule has 176 valence electrons. The van der Waals surface area contributed by atoms with E-state index < -0.39 is 23.1 Å². The van der Waals surface area contributed by atoms with Crippen LogP contribution in [0.15, 0.2) is 72.8 Å². The Morgan fingerprint density at radius 2 is 0.706 bits per heavy atom. The van der Waals surface area contributed by atoms with Crippen molar-refractivity contribution in [3.8, 4) is 0 Å². The molecule has 12 nitrogen and oxygen atoms in total. The fourth-order valence-electron chi connectivity index (χ4n) is 3.28. The van der Waals surface area contributed by atoms with Gasteiger partial charge in [0.2, 0.25) is 8.37 Å². The minimum absolute atomic E-state index is 0.0334. The van der Waals surface area contributed by atoms with Gasteiger partial charge in [-0.3, -0.25) is 30.3 Å². The summed E-state index contributed by atoms with van der Waals surface area (Å²) in [6.45, 7) is 0. The van der Waals surface area contributed by atoms with Gasteiger partial charge in [0, 0.05) is 74.6 Å². The minimum Gasteiger partial charge on any atom is -0.320 e. The highest BCUT2D eigenvalue weighted by Gasteiger charge is 2.28. The fourth-order valence-corrected chi connectivity index (χ4v) is 5.51. The molecule has 0 aliphatic rings. The van der Waals surface area contributed by atoms with Gasteiger partial charge >= 0.3 is 0 Å². The first-order valence-electron chi connectivity index (χ1n) is 9.84. The molecule has 0 saturated heterocycles. The van der Waals surface area contributed by atoms with Crippen molar-refractivity contribution in [1.29, 1.82) is 0 Å². The first-order valence-corrected chi connectivity index (χ1v) is 11.0. The molecule has 0 aliphatic carbocycles. The van der Waals surface area contributed by atoms with Gasteiger partial charge < -0.3 is 14.0 Å². The van der Waals surface area contributed by atoms with Gasteiger partial charge in [-0.1, -0.05) is 0 Å². The number of hydrogen-bond donors (Lipinski definition) is 0. The summed E-state index contributed by atoms with van der Waals surface area (Å²) in [6.07, 6.45) is 0. The lowest BCUT2D eigenvalue weighted by atomic mass is 10.3. The van der Waals surface area contributed by atoms with Crippen molar-refractivity contribution in [2.45, 2.75) is 0 Å². The number of non-ortho nitro benzene ring substituents is 3. The average molecular weight is 484 g/mol. The standard InChI is InChI=1S/C21H21N6O6P/c1-22(16-4-10-19(11-5-16)25(28)29)34(23(2)17-6-12-20(13-7-17)26(30)31)24(3)18-8-14-21(15-9-18)27(32)33/h4-15H,1-3H3. The van der Waals surface area contributed by atoms with E-state index in [1.54, 1.807) is 36.4 Å². The lowest BCUT2D eigenvalue weighted by Gasteiger charge is -2.42. The molecule has 0 unspecified atom stereocenters. The van der Waals surface area contributed by atoms with Gasteiger partial charge in [0.15, 0.2) is 0 Å². The number of anilines is 3. The molecule has 3 aromatic carbocycles. The highest BCUT2D eigenvalue weighted by molar-refractivity contribution is 7.62. The molecule has 34 heavy (non-hydrogen) atoms. The van der Waals surface area contributed by atoms with Gasteiger partial charge in [0.05, 0.1) is 14.8 Å². The number of nitro benzene ring substituents is 3. The van der Waals surface area contributed by atoms with Gasteiger partial charge in [-0.05, 0) is 36.4 Å². The van der Waals surface area contributed by atoms with Crippen LogP contribution in [0.4, 0.5) is 34.1 Å². The van der Waals surface area contributed by atoms with Crippen LogP contribution in [0.2, 0.25) is 0 Å². The normalized spacial score (nSPS) is 10.6. The molecule has 0 aliphatic heterocycles. The molecule has 0 fully saturated rings. The Hall–Kier alpha value is -4.31. The molecule has 3 aromatic rings. The van der Waals surface area contributed by atoms with Crippen molar-refractivity contribution in [1.82, 2.24) is 0 Å². The van der Waals surface area contributed by atoms with Gasteiger partial charge in [-0.25, -0.2) is 0 Å². The Morgan fingerprint density at radius 3 is 0.882 bits per heavy atom. The summed E-state index contributed by atoms with van der Waals surface area (Å²) in [6, 6.07) is 18.3. The second-order valence-corrected chi connectivity index (χ2v) is 9.50. The summed E-state index contributed by atoms with van der Waals surface area (Å²) in [5.74, 6) is 0. The molecule has 13 heteroatoms. The molecule has 0 atom stereocenters. The van der Waals surface area contributed by atoms with E-state index in [-0.39, 0.29) is 17.1 Å². The van der Waals surface area contributed by atoms with E-state index in [1.807, 2.05) is 35.2 Å². The van der Waals surface area contributed by atoms with E-state index in [9.17, 15) is 30.3 Å². The van der Waals surface area contributed by atoms with Crippen molar-refractivity contribution in [2.24, 2.45) is 0 Å². The van der Waals surface area contributed by atoms with E-state index in [2.05, 4.69) is 0 Å². The second-order valence-electron chi connectivity index (χ2n) is 7.16. The lowest BCUT2D eigenvalue weighted by molar-refractivity contribution is -0.385. The van der Waals surface area contributed by atoms with Crippen molar-refractivity contribution < 1.29 is 14.8 Å². The van der Waals surface area contributed by atoms with Crippen LogP contribution in [0.25, 0.3) is 0 Å². The number of hydrogen-bond acceptors (Lipinski definition) is 9. The van der Waals surface area contributed by atoms with Crippen molar-refractivity contribution in [3.05, 3.63) is 103 Å². The van der Waals surface area contributed by atoms with Crippen molar-refractivity contribution in [3.63, 3.8) is 0 Å². The monoisotopic (exact) mass is 484 g/mol. The van der Waals surface area contributed by atoms with Crippen LogP contribution in [-0.4, -0.2) is 35.9 Å². The Bertz CT molecular complexity index is 1040. The molecule has 0 amide bonds. The molecule has 0 spiro atoms. The van der Waals surface area contributed by atoms with Crippen LogP contribution in [0, 0.1) is 30.3 Å². The number of nitrogens with zero attached hydrogens (tertiary/aromatic N) is 6. The van der Waals surface area contributed by atoms with Gasteiger partial charge in [-0.2, -0.15) is 0 Å². The molecule has 0 N–H and O–H groups in total. The summed E-state index contributed by atoms with van der Waals surface area (Å²) in [4.78, 5) is 31.7. The second kappa shape index (κ2) is 10.1. The summed E-state index contributed by atoms with van der Waals surface area (Å²) in [5.41, 5.74) is 2.02. The summed E-state index contributed by atoms with van der Waals surface area (Å²) < 4.78 is 5.80. The molecule has 0 bridgehead atoms. The predicted molar refractivity (Wildman–Crippen MR) is 131 cm³/mol. The van der Waals surface area contributed by atoms with E-state index in [4.69, 9.17) is 0 Å². The summed E-state index contributed by atoms with van der Waals surface area (Å²) >= 11 is 0. The highest BCUT2D eigenvalue weighted by atomic mass is 31.2. The first-order chi connectivity index (χ1) is 16.1. The fraction of sp³-hybridized carbons (Fsp3) is 0.143. The van der Waals surface area contributed by atoms with Crippen molar-refractivity contribution in [2.75, 3.05) is 35.2 Å². The lowest BCUT2D eigenvalue weighted by Crippen LogP contribution is -2.32. The molecule has 3 rings (SSSR count). The Labute approximate surface area is 196 Å². The SMILES string of the molecule is CN(c1ccc([N+](=O)[O-])cc1)P(N(C)c1ccc([N+](=O)[O-])cc1)N(C)c1ccc([N+](=O)[O-])cc1. The van der Waals surface area contributed by atoms with Gasteiger partial charge in [-0.15, -0.1) is 0 Å². The predicted octanol–water partition coefficient (Wildman–Crippen LogP) is 5.35. The third kappa shape index (κ3) is 5.18. The van der Waals surface area contributed by atoms with E-state index in [0.717, 1.165) is 0 Å². The van der Waals surface area contributed by atoms with Crippen LogP contribution < -0.4 is 14.0 Å². The van der Waals surface area contributed by atoms with E-state index in [1.165, 1.54) is 36.4 Å². The molecular formula is C21H21N6O6P. The molecular weight excluding hydrogens is 463 g/mol. The first kappa shape index (κ1) is 24.3. The highest BCUT2D eigenvalue weighted by Crippen LogP contribution is 2.51. The minimum atomic E-state index is -1.36. The molecule has 0 heterocycles. The number of nitro groups is 3. The van der Waals surface area contributed by atoms with Crippen LogP contribution in [-0.2, 0) is 0 Å². The zero-order valence-electron chi connectivity index (χ0n) is 18.5. The quantitative estimate of drug-likeness (QED) is 0.223. The smallest absolute Gasteiger partial charge is 0.269 e. The maximum atomic E-state index is 11.0. The average Bonchev–Trinajstić information content (AvgIpc) is 2.84. The largest absolute Gasteiger partial charge is 0.320 e. The van der Waals surface area contributed by atoms with Crippen LogP contribution in [0.1, 0.15) is 0 Å². The molecule has 0 saturated carbocycles. The summed E-state index contributed by atoms with van der Waals surface area (Å²) in [7, 11) is 4.13. The summed E-state index contributed by atoms with van der Waals surface area (Å²) in [5, 5.41) is 33.1. The number of benzene rings is 3. The van der Waals surface area contributed by atoms with Gasteiger partial charge in [0.1, 0.15) is 0 Å². The maximum absolute atomic E-state index is 11.0. The zero-order chi connectivity index (χ0) is 25.0. The number of rotatable bonds is 9. The molecule has 0 aromatic heterocycles. The zero-order valence-corrected chi connectivity index (χ0v) is 19.4. The Balaban J connectivity index is 2.01. The Morgan fingerprint density at radius 1 is 0.500 bits per heavy atom. The van der Waals surface area contributed by atoms with Gasteiger partial charge in [0.25, 0.3) is 17.1 Å². The third-order valence-electron chi connectivity index (χ3n) is 5.11. The van der Waals surface area contributed by atoms with E-state index in [0.29, 0.717) is 17.1 Å². The van der Waals surface area contributed by atoms with Crippen molar-refractivity contribution >= 4 is 42.5 Å². The Kier molecular flexibility index (Phi) is 7.22. The van der Waals surface area contributed by atoms with Crippen LogP contribution >= 0.6 is 8.37 Å². The topological polar surface area (TPSA) is 139 Å². The van der Waals surface area contributed by atoms with E-state index >= 15 is 0 Å². The maximum Gasteiger partial charge on any atom is 0.269 e. The third-order valence-corrected chi connectivity index (χ3v) is 7.41.